The Labute approximate surface area is 201 Å². The number of benzene rings is 2. The minimum Gasteiger partial charge on any atom is -0.497 e. The lowest BCUT2D eigenvalue weighted by Crippen LogP contribution is -2.42. The average molecular weight is 457 g/mol. The summed E-state index contributed by atoms with van der Waals surface area (Å²) in [7, 11) is 3.12. The lowest BCUT2D eigenvalue weighted by Gasteiger charge is -2.50. The van der Waals surface area contributed by atoms with Gasteiger partial charge in [0.1, 0.15) is 5.75 Å². The summed E-state index contributed by atoms with van der Waals surface area (Å²) in [5.41, 5.74) is 5.42. The highest BCUT2D eigenvalue weighted by molar-refractivity contribution is 6.24. The number of rotatable bonds is 3. The Kier molecular flexibility index (Phi) is 4.98. The van der Waals surface area contributed by atoms with Crippen LogP contribution in [-0.4, -0.2) is 26.0 Å². The number of aryl methyl sites for hydroxylation is 1. The molecule has 0 amide bonds. The number of carbonyl (C=O) groups is 2. The first-order chi connectivity index (χ1) is 16.4. The van der Waals surface area contributed by atoms with Crippen molar-refractivity contribution in [2.75, 3.05) is 14.2 Å². The number of hydrogen-bond donors (Lipinski definition) is 0. The first-order valence-electron chi connectivity index (χ1n) is 12.6. The zero-order valence-electron chi connectivity index (χ0n) is 20.2. The molecule has 0 radical (unpaired) electrons. The van der Waals surface area contributed by atoms with Crippen LogP contribution in [0.4, 0.5) is 0 Å². The van der Waals surface area contributed by atoms with E-state index >= 15 is 0 Å². The molecule has 2 fully saturated rings. The fourth-order valence-corrected chi connectivity index (χ4v) is 7.95. The van der Waals surface area contributed by atoms with Crippen molar-refractivity contribution in [1.29, 1.82) is 0 Å². The van der Waals surface area contributed by atoms with E-state index in [0.717, 1.165) is 29.7 Å². The average Bonchev–Trinajstić information content (AvgIpc) is 3.36. The molecule has 4 aliphatic carbocycles. The third kappa shape index (κ3) is 3.03. The minimum absolute atomic E-state index is 0.0984. The summed E-state index contributed by atoms with van der Waals surface area (Å²) in [6.45, 7) is 2.45. The van der Waals surface area contributed by atoms with Gasteiger partial charge in [0.05, 0.1) is 19.8 Å². The van der Waals surface area contributed by atoms with Crippen molar-refractivity contribution >= 4 is 17.3 Å². The van der Waals surface area contributed by atoms with E-state index in [-0.39, 0.29) is 17.3 Å². The first-order valence-corrected chi connectivity index (χ1v) is 12.6. The molecule has 4 aliphatic rings. The van der Waals surface area contributed by atoms with Crippen LogP contribution < -0.4 is 4.74 Å². The quantitative estimate of drug-likeness (QED) is 0.544. The molecule has 2 saturated carbocycles. The van der Waals surface area contributed by atoms with E-state index in [9.17, 15) is 9.59 Å². The van der Waals surface area contributed by atoms with Crippen molar-refractivity contribution in [2.24, 2.45) is 29.1 Å². The molecule has 0 bridgehead atoms. The molecule has 0 heterocycles. The number of ketones is 1. The maximum Gasteiger partial charge on any atom is 0.337 e. The van der Waals surface area contributed by atoms with Crippen molar-refractivity contribution in [3.8, 4) is 5.75 Å². The van der Waals surface area contributed by atoms with Gasteiger partial charge in [-0.15, -0.1) is 0 Å². The summed E-state index contributed by atoms with van der Waals surface area (Å²) >= 11 is 0. The van der Waals surface area contributed by atoms with Crippen molar-refractivity contribution in [2.45, 2.75) is 44.9 Å². The Hall–Kier alpha value is -2.88. The highest BCUT2D eigenvalue weighted by atomic mass is 16.5. The van der Waals surface area contributed by atoms with Gasteiger partial charge in [0.2, 0.25) is 0 Å². The van der Waals surface area contributed by atoms with Crippen molar-refractivity contribution in [3.05, 3.63) is 70.8 Å². The highest BCUT2D eigenvalue weighted by Gasteiger charge is 2.61. The van der Waals surface area contributed by atoms with Gasteiger partial charge < -0.3 is 9.47 Å². The molecule has 2 aromatic carbocycles. The summed E-state index contributed by atoms with van der Waals surface area (Å²) in [5, 5.41) is 0. The Morgan fingerprint density at radius 2 is 1.82 bits per heavy atom. The van der Waals surface area contributed by atoms with Gasteiger partial charge in [0.25, 0.3) is 0 Å². The maximum atomic E-state index is 13.6. The summed E-state index contributed by atoms with van der Waals surface area (Å²) < 4.78 is 10.3. The van der Waals surface area contributed by atoms with E-state index in [1.165, 1.54) is 37.5 Å². The second kappa shape index (κ2) is 7.83. The Balaban J connectivity index is 1.28. The molecule has 0 aromatic heterocycles. The van der Waals surface area contributed by atoms with Gasteiger partial charge >= 0.3 is 5.97 Å². The van der Waals surface area contributed by atoms with E-state index in [0.29, 0.717) is 35.0 Å². The Morgan fingerprint density at radius 1 is 1.03 bits per heavy atom. The third-order valence-corrected chi connectivity index (χ3v) is 9.64. The molecule has 6 atom stereocenters. The number of ether oxygens (including phenoxy) is 2. The number of fused-ring (bicyclic) bond motifs is 7. The molecule has 0 N–H and O–H groups in total. The number of carbonyl (C=O) groups excluding carboxylic acids is 2. The number of hydrogen-bond acceptors (Lipinski definition) is 4. The SMILES string of the molecule is COC(=O)c1ccc(C2=C[C@@H]3[C@@H](C[C@H]4[C@@H]5CCc6cc(OC)ccc6[C@H]5CC[C@]34C)C2=O)cc1. The van der Waals surface area contributed by atoms with Crippen LogP contribution in [0.1, 0.15) is 65.6 Å². The van der Waals surface area contributed by atoms with Crippen LogP contribution in [0.3, 0.4) is 0 Å². The lowest BCUT2D eigenvalue weighted by atomic mass is 9.54. The number of allylic oxidation sites excluding steroid dienone is 2. The molecule has 4 nitrogen and oxygen atoms in total. The normalized spacial score (nSPS) is 33.3. The van der Waals surface area contributed by atoms with Gasteiger partial charge in [-0.05, 0) is 102 Å². The van der Waals surface area contributed by atoms with E-state index in [4.69, 9.17) is 9.47 Å². The lowest BCUT2D eigenvalue weighted by molar-refractivity contribution is -0.117. The van der Waals surface area contributed by atoms with E-state index in [2.05, 4.69) is 31.2 Å². The molecule has 0 spiro atoms. The van der Waals surface area contributed by atoms with Gasteiger partial charge in [-0.2, -0.15) is 0 Å². The second-order valence-corrected chi connectivity index (χ2v) is 10.9. The van der Waals surface area contributed by atoms with Gasteiger partial charge in [-0.1, -0.05) is 31.2 Å². The third-order valence-electron chi connectivity index (χ3n) is 9.64. The zero-order valence-corrected chi connectivity index (χ0v) is 20.2. The predicted molar refractivity (Wildman–Crippen MR) is 131 cm³/mol. The van der Waals surface area contributed by atoms with Crippen LogP contribution in [0.15, 0.2) is 48.5 Å². The molecule has 2 aromatic rings. The van der Waals surface area contributed by atoms with Gasteiger partial charge in [-0.25, -0.2) is 4.79 Å². The fraction of sp³-hybridized carbons (Fsp3) is 0.467. The van der Waals surface area contributed by atoms with Crippen LogP contribution in [0.25, 0.3) is 5.57 Å². The summed E-state index contributed by atoms with van der Waals surface area (Å²) in [6.07, 6.45) is 7.98. The standard InChI is InChI=1S/C30H32O4/c1-30-13-12-22-21-11-9-20(33-2)14-19(21)8-10-23(22)26(30)16-25-27(30)15-24(28(25)31)17-4-6-18(7-5-17)29(32)34-3/h4-7,9,11,14-15,22-23,25-27H,8,10,12-13,16H2,1-3H3/t22-,23-,25-,26+,27-,30+/m1/s1. The summed E-state index contributed by atoms with van der Waals surface area (Å²) in [6, 6.07) is 13.9. The molecular formula is C30H32O4. The summed E-state index contributed by atoms with van der Waals surface area (Å²) in [4.78, 5) is 25.4. The number of methoxy groups -OCH3 is 2. The van der Waals surface area contributed by atoms with Crippen molar-refractivity contribution in [3.63, 3.8) is 0 Å². The molecule has 34 heavy (non-hydrogen) atoms. The Bertz CT molecular complexity index is 1190. The number of Topliss-reactive ketones (excluding diaryl/α,β-unsaturated/α-hetero) is 1. The molecule has 4 heteroatoms. The van der Waals surface area contributed by atoms with E-state index in [1.807, 2.05) is 12.1 Å². The van der Waals surface area contributed by atoms with Crippen molar-refractivity contribution in [1.82, 2.24) is 0 Å². The van der Waals surface area contributed by atoms with Crippen molar-refractivity contribution < 1.29 is 19.1 Å². The monoisotopic (exact) mass is 456 g/mol. The Morgan fingerprint density at radius 3 is 2.56 bits per heavy atom. The van der Waals surface area contributed by atoms with Crippen LogP contribution in [-0.2, 0) is 16.0 Å². The molecule has 0 saturated heterocycles. The van der Waals surface area contributed by atoms with Crippen LogP contribution in [0.2, 0.25) is 0 Å². The molecular weight excluding hydrogens is 424 g/mol. The highest BCUT2D eigenvalue weighted by Crippen LogP contribution is 2.67. The van der Waals surface area contributed by atoms with E-state index in [1.54, 1.807) is 19.2 Å². The van der Waals surface area contributed by atoms with Crippen LogP contribution in [0, 0.1) is 29.1 Å². The fourth-order valence-electron chi connectivity index (χ4n) is 7.95. The zero-order chi connectivity index (χ0) is 23.6. The topological polar surface area (TPSA) is 52.6 Å². The largest absolute Gasteiger partial charge is 0.497 e. The van der Waals surface area contributed by atoms with E-state index < -0.39 is 0 Å². The van der Waals surface area contributed by atoms with Gasteiger partial charge in [0.15, 0.2) is 5.78 Å². The molecule has 176 valence electrons. The molecule has 6 rings (SSSR count). The van der Waals surface area contributed by atoms with Crippen LogP contribution >= 0.6 is 0 Å². The number of esters is 1. The maximum absolute atomic E-state index is 13.6. The summed E-state index contributed by atoms with van der Waals surface area (Å²) in [5.74, 6) is 3.18. The van der Waals surface area contributed by atoms with Crippen LogP contribution in [0.5, 0.6) is 5.75 Å². The smallest absolute Gasteiger partial charge is 0.337 e. The molecule has 0 aliphatic heterocycles. The molecule has 0 unspecified atom stereocenters. The second-order valence-electron chi connectivity index (χ2n) is 10.9. The van der Waals surface area contributed by atoms with Gasteiger partial charge in [-0.3, -0.25) is 4.79 Å². The first kappa shape index (κ1) is 21.6. The predicted octanol–water partition coefficient (Wildman–Crippen LogP) is 5.85. The minimum atomic E-state index is -0.352. The van der Waals surface area contributed by atoms with Gasteiger partial charge in [0, 0.05) is 11.5 Å².